The number of likely N-dealkylation sites (tertiary alicyclic amines) is 1. The van der Waals surface area contributed by atoms with Crippen molar-refractivity contribution < 1.29 is 14.6 Å². The minimum atomic E-state index is -0.876. The minimum Gasteiger partial charge on any atom is -0.468 e. The second-order valence-electron chi connectivity index (χ2n) is 4.26. The summed E-state index contributed by atoms with van der Waals surface area (Å²) in [5.74, 6) is -0.289. The normalized spacial score (nSPS) is 18.5. The second-order valence-corrected chi connectivity index (χ2v) is 4.70. The van der Waals surface area contributed by atoms with Crippen LogP contribution in [0.15, 0.2) is 24.3 Å². The molecule has 1 N–H and O–H groups in total. The summed E-state index contributed by atoms with van der Waals surface area (Å²) in [6.07, 6.45) is 0. The van der Waals surface area contributed by atoms with E-state index in [4.69, 9.17) is 11.6 Å². The maximum Gasteiger partial charge on any atom is 0.319 e. The highest BCUT2D eigenvalue weighted by Crippen LogP contribution is 2.32. The maximum atomic E-state index is 11.0. The van der Waals surface area contributed by atoms with E-state index in [1.807, 2.05) is 4.90 Å². The number of halogens is 1. The molecule has 4 nitrogen and oxygen atoms in total. The number of hydrogen-bond acceptors (Lipinski definition) is 4. The zero-order valence-corrected chi connectivity index (χ0v) is 10.3. The number of carbonyl (C=O) groups is 1. The Balaban J connectivity index is 1.96. The van der Waals surface area contributed by atoms with Crippen LogP contribution in [-0.2, 0) is 15.1 Å². The molecule has 0 bridgehead atoms. The van der Waals surface area contributed by atoms with Crippen LogP contribution in [0.1, 0.15) is 5.56 Å². The van der Waals surface area contributed by atoms with Crippen LogP contribution in [-0.4, -0.2) is 42.7 Å². The van der Waals surface area contributed by atoms with Gasteiger partial charge in [0.15, 0.2) is 0 Å². The lowest BCUT2D eigenvalue weighted by Gasteiger charge is -2.46. The molecular weight excluding hydrogens is 242 g/mol. The third-order valence-corrected chi connectivity index (χ3v) is 3.18. The predicted octanol–water partition coefficient (Wildman–Crippen LogP) is 1.02. The van der Waals surface area contributed by atoms with E-state index < -0.39 is 5.60 Å². The topological polar surface area (TPSA) is 49.8 Å². The summed E-state index contributed by atoms with van der Waals surface area (Å²) >= 11 is 5.79. The summed E-state index contributed by atoms with van der Waals surface area (Å²) in [7, 11) is 1.35. The highest BCUT2D eigenvalue weighted by atomic mass is 35.5. The number of hydrogen-bond donors (Lipinski definition) is 1. The van der Waals surface area contributed by atoms with Gasteiger partial charge < -0.3 is 9.84 Å². The molecule has 1 aliphatic heterocycles. The fourth-order valence-corrected chi connectivity index (χ4v) is 2.12. The third-order valence-electron chi connectivity index (χ3n) is 2.93. The van der Waals surface area contributed by atoms with Gasteiger partial charge in [0, 0.05) is 18.1 Å². The first-order valence-corrected chi connectivity index (χ1v) is 5.69. The fraction of sp³-hybridized carbons (Fsp3) is 0.417. The molecule has 0 radical (unpaired) electrons. The number of rotatable bonds is 3. The summed E-state index contributed by atoms with van der Waals surface area (Å²) in [5.41, 5.74) is -0.0541. The zero-order valence-electron chi connectivity index (χ0n) is 9.52. The molecule has 17 heavy (non-hydrogen) atoms. The number of esters is 1. The number of benzene rings is 1. The average Bonchev–Trinajstić information content (AvgIpc) is 2.27. The monoisotopic (exact) mass is 255 g/mol. The van der Waals surface area contributed by atoms with Crippen molar-refractivity contribution in [2.45, 2.75) is 5.60 Å². The van der Waals surface area contributed by atoms with Crippen LogP contribution in [0.5, 0.6) is 0 Å². The second kappa shape index (κ2) is 4.64. The van der Waals surface area contributed by atoms with E-state index in [0.717, 1.165) is 5.56 Å². The molecule has 0 atom stereocenters. The first-order chi connectivity index (χ1) is 8.03. The molecule has 1 heterocycles. The highest BCUT2D eigenvalue weighted by Gasteiger charge is 2.43. The minimum absolute atomic E-state index is 0.215. The molecule has 0 aliphatic carbocycles. The molecule has 1 saturated heterocycles. The number of ether oxygens (including phenoxy) is 1. The van der Waals surface area contributed by atoms with Crippen LogP contribution < -0.4 is 0 Å². The predicted molar refractivity (Wildman–Crippen MR) is 63.8 cm³/mol. The van der Waals surface area contributed by atoms with Gasteiger partial charge in [-0.3, -0.25) is 9.69 Å². The van der Waals surface area contributed by atoms with E-state index in [2.05, 4.69) is 4.74 Å². The van der Waals surface area contributed by atoms with Crippen LogP contribution in [0.25, 0.3) is 0 Å². The Labute approximate surface area is 105 Å². The van der Waals surface area contributed by atoms with Crippen molar-refractivity contribution in [1.29, 1.82) is 0 Å². The smallest absolute Gasteiger partial charge is 0.319 e. The van der Waals surface area contributed by atoms with E-state index in [0.29, 0.717) is 18.1 Å². The number of aliphatic hydroxyl groups is 1. The zero-order chi connectivity index (χ0) is 12.5. The molecule has 1 fully saturated rings. The highest BCUT2D eigenvalue weighted by molar-refractivity contribution is 6.30. The van der Waals surface area contributed by atoms with Crippen molar-refractivity contribution in [2.24, 2.45) is 0 Å². The fourth-order valence-electron chi connectivity index (χ4n) is 2.00. The van der Waals surface area contributed by atoms with Crippen molar-refractivity contribution in [3.63, 3.8) is 0 Å². The standard InChI is InChI=1S/C12H14ClNO3/c1-17-11(15)6-14-7-12(16,8-14)9-2-4-10(13)5-3-9/h2-5,16H,6-8H2,1H3. The van der Waals surface area contributed by atoms with Crippen LogP contribution in [0.4, 0.5) is 0 Å². The van der Waals surface area contributed by atoms with Gasteiger partial charge in [-0.15, -0.1) is 0 Å². The van der Waals surface area contributed by atoms with Crippen molar-refractivity contribution in [2.75, 3.05) is 26.7 Å². The summed E-state index contributed by atoms with van der Waals surface area (Å²) < 4.78 is 4.57. The van der Waals surface area contributed by atoms with Crippen molar-refractivity contribution in [3.05, 3.63) is 34.9 Å². The van der Waals surface area contributed by atoms with Crippen LogP contribution in [0, 0.1) is 0 Å². The molecule has 5 heteroatoms. The maximum absolute atomic E-state index is 11.0. The van der Waals surface area contributed by atoms with Crippen LogP contribution in [0.2, 0.25) is 5.02 Å². The number of carbonyl (C=O) groups excluding carboxylic acids is 1. The van der Waals surface area contributed by atoms with Crippen molar-refractivity contribution in [3.8, 4) is 0 Å². The summed E-state index contributed by atoms with van der Waals surface area (Å²) in [6.45, 7) is 1.08. The molecular formula is C12H14ClNO3. The summed E-state index contributed by atoms with van der Waals surface area (Å²) in [6, 6.07) is 7.10. The molecule has 0 amide bonds. The Morgan fingerprint density at radius 3 is 2.59 bits per heavy atom. The van der Waals surface area contributed by atoms with Crippen LogP contribution in [0.3, 0.4) is 0 Å². The number of β-amino-alcohol motifs (C(OH)–C–C–N with tert-alkyl or cyclic N) is 1. The Morgan fingerprint density at radius 2 is 2.06 bits per heavy atom. The van der Waals surface area contributed by atoms with Gasteiger partial charge in [0.25, 0.3) is 0 Å². The molecule has 0 spiro atoms. The Kier molecular flexibility index (Phi) is 3.38. The lowest BCUT2D eigenvalue weighted by atomic mass is 9.86. The van der Waals surface area contributed by atoms with E-state index >= 15 is 0 Å². The van der Waals surface area contributed by atoms with Gasteiger partial charge in [0.1, 0.15) is 5.60 Å². The quantitative estimate of drug-likeness (QED) is 0.820. The van der Waals surface area contributed by atoms with E-state index in [9.17, 15) is 9.90 Å². The molecule has 1 aliphatic rings. The molecule has 1 aromatic carbocycles. The molecule has 1 aromatic rings. The van der Waals surface area contributed by atoms with Crippen LogP contribution >= 0.6 is 11.6 Å². The van der Waals surface area contributed by atoms with E-state index in [1.165, 1.54) is 7.11 Å². The molecule has 92 valence electrons. The van der Waals surface area contributed by atoms with E-state index in [-0.39, 0.29) is 12.5 Å². The summed E-state index contributed by atoms with van der Waals surface area (Å²) in [5, 5.41) is 10.9. The van der Waals surface area contributed by atoms with Gasteiger partial charge in [-0.2, -0.15) is 0 Å². The van der Waals surface area contributed by atoms with Gasteiger partial charge >= 0.3 is 5.97 Å². The first-order valence-electron chi connectivity index (χ1n) is 5.31. The first kappa shape index (κ1) is 12.4. The third kappa shape index (κ3) is 2.60. The van der Waals surface area contributed by atoms with Gasteiger partial charge in [-0.25, -0.2) is 0 Å². The summed E-state index contributed by atoms with van der Waals surface area (Å²) in [4.78, 5) is 12.9. The molecule has 2 rings (SSSR count). The van der Waals surface area contributed by atoms with Gasteiger partial charge in [0.2, 0.25) is 0 Å². The molecule has 0 saturated carbocycles. The average molecular weight is 256 g/mol. The van der Waals surface area contributed by atoms with Crippen molar-refractivity contribution >= 4 is 17.6 Å². The van der Waals surface area contributed by atoms with Gasteiger partial charge in [-0.05, 0) is 17.7 Å². The molecule has 0 unspecified atom stereocenters. The Hall–Kier alpha value is -1.10. The SMILES string of the molecule is COC(=O)CN1CC(O)(c2ccc(Cl)cc2)C1. The van der Waals surface area contributed by atoms with E-state index in [1.54, 1.807) is 24.3 Å². The van der Waals surface area contributed by atoms with Gasteiger partial charge in [-0.1, -0.05) is 23.7 Å². The molecule has 0 aromatic heterocycles. The lowest BCUT2D eigenvalue weighted by Crippen LogP contribution is -2.60. The Morgan fingerprint density at radius 1 is 1.47 bits per heavy atom. The number of nitrogens with zero attached hydrogens (tertiary/aromatic N) is 1. The van der Waals surface area contributed by atoms with Crippen molar-refractivity contribution in [1.82, 2.24) is 4.90 Å². The lowest BCUT2D eigenvalue weighted by molar-refractivity contribution is -0.151. The van der Waals surface area contributed by atoms with Gasteiger partial charge in [0.05, 0.1) is 13.7 Å². The number of methoxy groups -OCH3 is 1. The largest absolute Gasteiger partial charge is 0.468 e. The Bertz CT molecular complexity index is 412.